The minimum atomic E-state index is -1.18. The van der Waals surface area contributed by atoms with Gasteiger partial charge in [-0.3, -0.25) is 0 Å². The smallest absolute Gasteiger partial charge is 0.330 e. The fourth-order valence-corrected chi connectivity index (χ4v) is 3.57. The molecule has 2 bridgehead atoms. The zero-order valence-corrected chi connectivity index (χ0v) is 13.0. The average Bonchev–Trinajstić information content (AvgIpc) is 2.51. The van der Waals surface area contributed by atoms with E-state index in [2.05, 4.69) is 4.74 Å². The Morgan fingerprint density at radius 2 is 2.05 bits per heavy atom. The number of esters is 1. The molecular weight excluding hydrogens is 272 g/mol. The molecule has 0 amide bonds. The Kier molecular flexibility index (Phi) is 4.04. The van der Waals surface area contributed by atoms with Crippen molar-refractivity contribution in [3.8, 4) is 0 Å². The highest BCUT2D eigenvalue weighted by Crippen LogP contribution is 2.57. The molecule has 0 aromatic rings. The van der Waals surface area contributed by atoms with Gasteiger partial charge in [-0.2, -0.15) is 0 Å². The third kappa shape index (κ3) is 2.54. The van der Waals surface area contributed by atoms with Gasteiger partial charge in [-0.1, -0.05) is 13.0 Å². The number of methoxy groups -OCH3 is 1. The van der Waals surface area contributed by atoms with Gasteiger partial charge in [0, 0.05) is 17.9 Å². The number of hydrogen-bond donors (Lipinski definition) is 2. The minimum Gasteiger partial charge on any atom is -0.466 e. The van der Waals surface area contributed by atoms with Gasteiger partial charge in [-0.15, -0.1) is 0 Å². The van der Waals surface area contributed by atoms with Crippen molar-refractivity contribution in [2.75, 3.05) is 13.7 Å². The topological polar surface area (TPSA) is 76.0 Å². The summed E-state index contributed by atoms with van der Waals surface area (Å²) in [6.07, 6.45) is 5.18. The van der Waals surface area contributed by atoms with Crippen molar-refractivity contribution < 1.29 is 24.5 Å². The molecular formula is C16H24O5. The lowest BCUT2D eigenvalue weighted by Crippen LogP contribution is -2.60. The van der Waals surface area contributed by atoms with Crippen molar-refractivity contribution in [2.24, 2.45) is 5.41 Å². The molecule has 0 radical (unpaired) electrons. The molecule has 2 fully saturated rings. The van der Waals surface area contributed by atoms with Crippen LogP contribution >= 0.6 is 0 Å². The van der Waals surface area contributed by atoms with Gasteiger partial charge in [0.1, 0.15) is 11.2 Å². The molecule has 0 spiro atoms. The lowest BCUT2D eigenvalue weighted by Gasteiger charge is -2.49. The number of allylic oxidation sites excluding steroid dienone is 2. The van der Waals surface area contributed by atoms with Crippen LogP contribution in [0, 0.1) is 5.41 Å². The minimum absolute atomic E-state index is 0.392. The summed E-state index contributed by atoms with van der Waals surface area (Å²) in [5.41, 5.74) is -1.85. The Morgan fingerprint density at radius 3 is 2.62 bits per heavy atom. The number of carbonyl (C=O) groups is 1. The molecule has 1 heterocycles. The van der Waals surface area contributed by atoms with Gasteiger partial charge in [0.05, 0.1) is 19.8 Å². The Hall–Kier alpha value is -1.17. The first-order chi connectivity index (χ1) is 9.66. The summed E-state index contributed by atoms with van der Waals surface area (Å²) < 4.78 is 10.4. The van der Waals surface area contributed by atoms with Crippen LogP contribution in [0.5, 0.6) is 0 Å². The Morgan fingerprint density at radius 1 is 1.38 bits per heavy atom. The molecule has 2 aliphatic rings. The fraction of sp³-hybridized carbons (Fsp3) is 0.688. The quantitative estimate of drug-likeness (QED) is 0.467. The molecule has 2 rings (SSSR count). The molecule has 1 aliphatic heterocycles. The van der Waals surface area contributed by atoms with Crippen molar-refractivity contribution in [3.63, 3.8) is 0 Å². The van der Waals surface area contributed by atoms with Crippen LogP contribution in [0.2, 0.25) is 0 Å². The summed E-state index contributed by atoms with van der Waals surface area (Å²) in [6.45, 7) is 5.91. The van der Waals surface area contributed by atoms with Crippen molar-refractivity contribution in [2.45, 2.75) is 50.9 Å². The van der Waals surface area contributed by atoms with E-state index in [0.717, 1.165) is 0 Å². The standard InChI is InChI=1S/C16H24O5/c1-11(7-13(18)20-4)5-6-16(19)14(2)8-12(17)9-15(16,3)21-10-14/h5-7,12,17,19H,8-10H2,1-4H3. The van der Waals surface area contributed by atoms with Crippen LogP contribution in [0.25, 0.3) is 0 Å². The van der Waals surface area contributed by atoms with Crippen LogP contribution in [0.3, 0.4) is 0 Å². The Balaban J connectivity index is 2.30. The van der Waals surface area contributed by atoms with Crippen LogP contribution in [0.1, 0.15) is 33.6 Å². The van der Waals surface area contributed by atoms with Crippen molar-refractivity contribution >= 4 is 5.97 Å². The van der Waals surface area contributed by atoms with Crippen LogP contribution in [0.4, 0.5) is 0 Å². The molecule has 118 valence electrons. The van der Waals surface area contributed by atoms with Crippen molar-refractivity contribution in [1.29, 1.82) is 0 Å². The average molecular weight is 296 g/mol. The van der Waals surface area contributed by atoms with Gasteiger partial charge < -0.3 is 19.7 Å². The Labute approximate surface area is 125 Å². The maximum Gasteiger partial charge on any atom is 0.330 e. The largest absolute Gasteiger partial charge is 0.466 e. The molecule has 1 saturated carbocycles. The summed E-state index contributed by atoms with van der Waals surface area (Å²) in [5, 5.41) is 21.2. The summed E-state index contributed by atoms with van der Waals surface area (Å²) in [4.78, 5) is 11.2. The number of hydrogen-bond acceptors (Lipinski definition) is 5. The molecule has 4 atom stereocenters. The molecule has 5 heteroatoms. The number of aliphatic hydroxyl groups is 2. The molecule has 21 heavy (non-hydrogen) atoms. The maximum atomic E-state index is 11.2. The molecule has 1 saturated heterocycles. The van der Waals surface area contributed by atoms with Crippen molar-refractivity contribution in [1.82, 2.24) is 0 Å². The molecule has 5 nitrogen and oxygen atoms in total. The zero-order valence-electron chi connectivity index (χ0n) is 13.0. The van der Waals surface area contributed by atoms with Gasteiger partial charge in [0.25, 0.3) is 0 Å². The summed E-state index contributed by atoms with van der Waals surface area (Å²) in [5.74, 6) is -0.431. The number of fused-ring (bicyclic) bond motifs is 2. The van der Waals surface area contributed by atoms with Gasteiger partial charge in [-0.25, -0.2) is 4.79 Å². The molecule has 0 aromatic carbocycles. The van der Waals surface area contributed by atoms with Crippen molar-refractivity contribution in [3.05, 3.63) is 23.8 Å². The van der Waals surface area contributed by atoms with E-state index in [-0.39, 0.29) is 0 Å². The summed E-state index contributed by atoms with van der Waals surface area (Å²) >= 11 is 0. The predicted octanol–water partition coefficient (Wildman–Crippen LogP) is 1.34. The Bertz CT molecular complexity index is 475. The van der Waals surface area contributed by atoms with E-state index < -0.39 is 28.7 Å². The normalized spacial score (nSPS) is 43.3. The predicted molar refractivity (Wildman–Crippen MR) is 77.6 cm³/mol. The van der Waals surface area contributed by atoms with E-state index in [1.54, 1.807) is 19.1 Å². The van der Waals surface area contributed by atoms with E-state index in [4.69, 9.17) is 4.74 Å². The second-order valence-corrected chi connectivity index (χ2v) is 6.65. The fourth-order valence-electron chi connectivity index (χ4n) is 3.57. The van der Waals surface area contributed by atoms with Crippen LogP contribution < -0.4 is 0 Å². The third-order valence-corrected chi connectivity index (χ3v) is 4.88. The molecule has 4 unspecified atom stereocenters. The van der Waals surface area contributed by atoms with Crippen LogP contribution in [-0.4, -0.2) is 47.2 Å². The van der Waals surface area contributed by atoms with E-state index in [1.807, 2.05) is 13.8 Å². The van der Waals surface area contributed by atoms with E-state index in [0.29, 0.717) is 25.0 Å². The van der Waals surface area contributed by atoms with E-state index in [1.165, 1.54) is 13.2 Å². The van der Waals surface area contributed by atoms with E-state index in [9.17, 15) is 15.0 Å². The second-order valence-electron chi connectivity index (χ2n) is 6.65. The number of aliphatic hydroxyl groups excluding tert-OH is 1. The van der Waals surface area contributed by atoms with Gasteiger partial charge in [0.15, 0.2) is 0 Å². The highest BCUT2D eigenvalue weighted by molar-refractivity contribution is 5.83. The highest BCUT2D eigenvalue weighted by atomic mass is 16.5. The number of rotatable bonds is 3. The second kappa shape index (κ2) is 5.23. The monoisotopic (exact) mass is 296 g/mol. The summed E-state index contributed by atoms with van der Waals surface area (Å²) in [7, 11) is 1.32. The summed E-state index contributed by atoms with van der Waals surface area (Å²) in [6, 6.07) is 0. The van der Waals surface area contributed by atoms with E-state index >= 15 is 0 Å². The lowest BCUT2D eigenvalue weighted by atomic mass is 9.59. The van der Waals surface area contributed by atoms with Gasteiger partial charge in [0.2, 0.25) is 0 Å². The first-order valence-corrected chi connectivity index (χ1v) is 7.16. The molecule has 1 aliphatic carbocycles. The lowest BCUT2D eigenvalue weighted by molar-refractivity contribution is -0.150. The molecule has 2 N–H and O–H groups in total. The highest BCUT2D eigenvalue weighted by Gasteiger charge is 2.67. The van der Waals surface area contributed by atoms with Gasteiger partial charge >= 0.3 is 5.97 Å². The van der Waals surface area contributed by atoms with Crippen LogP contribution in [0.15, 0.2) is 23.8 Å². The number of ether oxygens (including phenoxy) is 2. The molecule has 0 aromatic heterocycles. The first kappa shape index (κ1) is 16.2. The first-order valence-electron chi connectivity index (χ1n) is 7.16. The number of carbonyl (C=O) groups excluding carboxylic acids is 1. The third-order valence-electron chi connectivity index (χ3n) is 4.88. The zero-order chi connectivity index (χ0) is 15.9. The van der Waals surface area contributed by atoms with Crippen LogP contribution in [-0.2, 0) is 14.3 Å². The maximum absolute atomic E-state index is 11.2. The van der Waals surface area contributed by atoms with Gasteiger partial charge in [-0.05, 0) is 31.9 Å². The SMILES string of the molecule is COC(=O)C=C(C)C=CC1(O)C2(C)COC1(C)CC(O)C2.